The number of hydrogen-bond donors (Lipinski definition) is 10. The number of likely N-dealkylation sites (tertiary alicyclic amines) is 1. The van der Waals surface area contributed by atoms with Crippen LogP contribution in [0.1, 0.15) is 103 Å². The molecule has 3 amide bonds. The van der Waals surface area contributed by atoms with Crippen LogP contribution in [-0.2, 0) is 47.6 Å². The van der Waals surface area contributed by atoms with Crippen molar-refractivity contribution in [1.82, 2.24) is 15.5 Å². The van der Waals surface area contributed by atoms with E-state index in [1.54, 1.807) is 14.2 Å². The Kier molecular flexibility index (Phi) is 26.1. The van der Waals surface area contributed by atoms with Gasteiger partial charge in [-0.3, -0.25) is 19.2 Å². The van der Waals surface area contributed by atoms with E-state index in [9.17, 15) is 60.0 Å². The Morgan fingerprint density at radius 1 is 0.651 bits per heavy atom. The van der Waals surface area contributed by atoms with E-state index in [0.717, 1.165) is 19.3 Å². The molecule has 13 atom stereocenters. The summed E-state index contributed by atoms with van der Waals surface area (Å²) in [5.74, 6) is -0.555. The number of nitrogens with one attached hydrogen (secondary N) is 2. The lowest BCUT2D eigenvalue weighted by molar-refractivity contribution is -0.301. The van der Waals surface area contributed by atoms with Crippen LogP contribution in [0.25, 0.3) is 0 Å². The number of ketones is 1. The highest BCUT2D eigenvalue weighted by Gasteiger charge is 2.45. The fraction of sp³-hybridized carbons (Fsp3) is 0.905. The van der Waals surface area contributed by atoms with Crippen LogP contribution in [0.2, 0.25) is 0 Å². The lowest BCUT2D eigenvalue weighted by Crippen LogP contribution is -2.59. The largest absolute Gasteiger partial charge is 0.394 e. The van der Waals surface area contributed by atoms with Crippen LogP contribution in [-0.4, -0.2) is 209 Å². The number of hydrogen-bond acceptors (Lipinski definition) is 18. The van der Waals surface area contributed by atoms with Crippen molar-refractivity contribution in [2.24, 2.45) is 0 Å². The van der Waals surface area contributed by atoms with E-state index >= 15 is 0 Å². The number of carbonyl (C=O) groups excluding carboxylic acids is 4. The van der Waals surface area contributed by atoms with Crippen LogP contribution in [0.4, 0.5) is 0 Å². The molecule has 3 aliphatic heterocycles. The van der Waals surface area contributed by atoms with E-state index in [1.807, 2.05) is 4.90 Å². The number of nitrogens with zero attached hydrogens (tertiary/aromatic N) is 1. The summed E-state index contributed by atoms with van der Waals surface area (Å²) >= 11 is 0. The van der Waals surface area contributed by atoms with Crippen molar-refractivity contribution in [2.45, 2.75) is 182 Å². The maximum absolute atomic E-state index is 13.4. The molecule has 3 fully saturated rings. The summed E-state index contributed by atoms with van der Waals surface area (Å²) < 4.78 is 32.4. The molecule has 0 aromatic rings. The zero-order valence-electron chi connectivity index (χ0n) is 36.9. The number of rotatable bonds is 31. The van der Waals surface area contributed by atoms with Gasteiger partial charge in [0.2, 0.25) is 17.7 Å². The van der Waals surface area contributed by atoms with Gasteiger partial charge >= 0.3 is 0 Å². The first-order valence-corrected chi connectivity index (χ1v) is 22.5. The molecule has 0 spiro atoms. The Morgan fingerprint density at radius 3 is 1.73 bits per heavy atom. The highest BCUT2D eigenvalue weighted by Crippen LogP contribution is 2.25. The summed E-state index contributed by atoms with van der Waals surface area (Å²) in [7, 11) is 3.25. The van der Waals surface area contributed by atoms with Crippen LogP contribution < -0.4 is 10.6 Å². The van der Waals surface area contributed by atoms with Gasteiger partial charge in [-0.15, -0.1) is 0 Å². The molecule has 21 heteroatoms. The Morgan fingerprint density at radius 2 is 1.19 bits per heavy atom. The van der Waals surface area contributed by atoms with Crippen LogP contribution in [0.15, 0.2) is 0 Å². The minimum Gasteiger partial charge on any atom is -0.394 e. The molecule has 3 saturated heterocycles. The van der Waals surface area contributed by atoms with Gasteiger partial charge < -0.3 is 84.8 Å². The van der Waals surface area contributed by atoms with Crippen molar-refractivity contribution < 1.29 is 88.5 Å². The Bertz CT molecular complexity index is 1330. The first-order chi connectivity index (χ1) is 30.3. The average Bonchev–Trinajstić information content (AvgIpc) is 3.69. The third-order valence-corrected chi connectivity index (χ3v) is 11.8. The second kappa shape index (κ2) is 29.9. The second-order valence-electron chi connectivity index (χ2n) is 16.6. The molecule has 0 aliphatic carbocycles. The van der Waals surface area contributed by atoms with E-state index in [4.69, 9.17) is 28.4 Å². The van der Waals surface area contributed by atoms with Crippen LogP contribution in [0.5, 0.6) is 0 Å². The molecular formula is C42H75N3O18. The molecule has 0 aromatic carbocycles. The number of unbranched alkanes of at least 4 members (excludes halogenated alkanes) is 6. The highest BCUT2D eigenvalue weighted by atomic mass is 16.7. The number of carbonyl (C=O) groups is 4. The molecule has 10 N–H and O–H groups in total. The first-order valence-electron chi connectivity index (χ1n) is 22.5. The van der Waals surface area contributed by atoms with Gasteiger partial charge in [-0.1, -0.05) is 12.8 Å². The highest BCUT2D eigenvalue weighted by molar-refractivity contribution is 5.89. The van der Waals surface area contributed by atoms with Crippen LogP contribution >= 0.6 is 0 Å². The summed E-state index contributed by atoms with van der Waals surface area (Å²) in [6, 6.07) is -0.738. The lowest BCUT2D eigenvalue weighted by Gasteiger charge is -2.39. The van der Waals surface area contributed by atoms with Crippen molar-refractivity contribution in [3.63, 3.8) is 0 Å². The van der Waals surface area contributed by atoms with Gasteiger partial charge in [0.1, 0.15) is 48.8 Å². The quantitative estimate of drug-likeness (QED) is 0.0333. The van der Waals surface area contributed by atoms with Gasteiger partial charge in [0.25, 0.3) is 0 Å². The monoisotopic (exact) mass is 910 g/mol. The lowest BCUT2D eigenvalue weighted by atomic mass is 9.99. The Hall–Kier alpha value is -2.48. The standard InChI is InChI=1S/C42H75N3O18/c1-58-25-26-21-27(59-2)22-45(26)34(51)17-6-4-3-5-14-29(48)28(44-33(50)16-9-12-20-61-42-40(57)38(55)36(53)31(24-47)63-42)13-7-10-18-43-32(49)15-8-11-19-60-41-39(56)37(54)35(52)30(23-46)62-41/h26-28,30-31,35-42,46-47,52-57H,3-25H2,1-2H3,(H,43,49)(H,44,50)/t26-,27+,28-,30?,31?,35?,36?,37?,38?,39?,40?,41?,42?/m0/s1. The molecule has 366 valence electrons. The predicted octanol–water partition coefficient (Wildman–Crippen LogP) is -2.10. The maximum atomic E-state index is 13.4. The van der Waals surface area contributed by atoms with E-state index in [2.05, 4.69) is 10.6 Å². The predicted molar refractivity (Wildman–Crippen MR) is 221 cm³/mol. The van der Waals surface area contributed by atoms with Crippen molar-refractivity contribution in [3.8, 4) is 0 Å². The number of Topliss-reactive ketones (excluding diaryl/α,β-unsaturated/α-hetero) is 1. The number of ether oxygens (including phenoxy) is 6. The van der Waals surface area contributed by atoms with E-state index in [1.165, 1.54) is 0 Å². The third kappa shape index (κ3) is 18.4. The summed E-state index contributed by atoms with van der Waals surface area (Å²) in [6.07, 6.45) is -6.17. The zero-order valence-corrected chi connectivity index (χ0v) is 36.9. The van der Waals surface area contributed by atoms with E-state index in [-0.39, 0.29) is 68.1 Å². The van der Waals surface area contributed by atoms with Gasteiger partial charge in [0, 0.05) is 66.2 Å². The summed E-state index contributed by atoms with van der Waals surface area (Å²) in [6.45, 7) is 0.385. The van der Waals surface area contributed by atoms with Crippen molar-refractivity contribution in [2.75, 3.05) is 60.3 Å². The minimum atomic E-state index is -1.56. The van der Waals surface area contributed by atoms with Gasteiger partial charge in [-0.05, 0) is 64.2 Å². The van der Waals surface area contributed by atoms with E-state index in [0.29, 0.717) is 83.9 Å². The van der Waals surface area contributed by atoms with Crippen molar-refractivity contribution in [1.29, 1.82) is 0 Å². The number of methoxy groups -OCH3 is 2. The number of aliphatic hydroxyl groups is 8. The number of amides is 3. The van der Waals surface area contributed by atoms with Gasteiger partial charge in [0.15, 0.2) is 18.4 Å². The van der Waals surface area contributed by atoms with E-state index < -0.39 is 80.7 Å². The van der Waals surface area contributed by atoms with Crippen LogP contribution in [0.3, 0.4) is 0 Å². The Balaban J connectivity index is 1.37. The second-order valence-corrected chi connectivity index (χ2v) is 16.6. The van der Waals surface area contributed by atoms with Crippen molar-refractivity contribution in [3.05, 3.63) is 0 Å². The van der Waals surface area contributed by atoms with Crippen LogP contribution in [0, 0.1) is 0 Å². The third-order valence-electron chi connectivity index (χ3n) is 11.8. The molecule has 0 bridgehead atoms. The fourth-order valence-electron chi connectivity index (χ4n) is 7.90. The maximum Gasteiger partial charge on any atom is 0.222 e. The van der Waals surface area contributed by atoms with Gasteiger partial charge in [-0.25, -0.2) is 0 Å². The molecule has 0 saturated carbocycles. The zero-order chi connectivity index (χ0) is 46.3. The average molecular weight is 910 g/mol. The summed E-state index contributed by atoms with van der Waals surface area (Å²) in [5.41, 5.74) is 0. The Labute approximate surface area is 369 Å². The summed E-state index contributed by atoms with van der Waals surface area (Å²) in [4.78, 5) is 53.6. The first kappa shape index (κ1) is 54.9. The molecule has 10 unspecified atom stereocenters. The smallest absolute Gasteiger partial charge is 0.222 e. The molecule has 0 radical (unpaired) electrons. The molecular weight excluding hydrogens is 834 g/mol. The molecule has 3 heterocycles. The normalized spacial score (nSPS) is 30.3. The molecule has 0 aromatic heterocycles. The van der Waals surface area contributed by atoms with Gasteiger partial charge in [-0.2, -0.15) is 0 Å². The van der Waals surface area contributed by atoms with Gasteiger partial charge in [0.05, 0.1) is 38.0 Å². The molecule has 3 aliphatic rings. The molecule has 21 nitrogen and oxygen atoms in total. The fourth-order valence-corrected chi connectivity index (χ4v) is 7.90. The summed E-state index contributed by atoms with van der Waals surface area (Å²) in [5, 5.41) is 84.4. The topological polar surface area (TPSA) is 313 Å². The molecule has 3 rings (SSSR count). The minimum absolute atomic E-state index is 0.00681. The number of aliphatic hydroxyl groups excluding tert-OH is 8. The SMILES string of the molecule is COC[C@@H]1C[C@@H](OC)CN1C(=O)CCCCCCC(=O)[C@H](CCCCNC(=O)CCCCOC1OC(CO)C(O)C(O)C1O)NC(=O)CCCCOC1OC(CO)C(O)C(O)C1O. The molecule has 63 heavy (non-hydrogen) atoms. The van der Waals surface area contributed by atoms with Crippen molar-refractivity contribution >= 4 is 23.5 Å².